The van der Waals surface area contributed by atoms with Crippen molar-refractivity contribution in [3.63, 3.8) is 0 Å². The van der Waals surface area contributed by atoms with Gasteiger partial charge in [-0.15, -0.1) is 0 Å². The van der Waals surface area contributed by atoms with Crippen LogP contribution in [0.4, 0.5) is 0 Å². The monoisotopic (exact) mass is 466 g/mol. The summed E-state index contributed by atoms with van der Waals surface area (Å²) in [6, 6.07) is 12.4. The van der Waals surface area contributed by atoms with Gasteiger partial charge in [0.05, 0.1) is 4.90 Å². The first-order valence-electron chi connectivity index (χ1n) is 9.01. The summed E-state index contributed by atoms with van der Waals surface area (Å²) >= 11 is 3.35. The number of hydrogen-bond acceptors (Lipinski definition) is 4. The van der Waals surface area contributed by atoms with E-state index in [-0.39, 0.29) is 25.6 Å². The maximum Gasteiger partial charge on any atom is 0.260 e. The topological polar surface area (TPSA) is 66.9 Å². The lowest BCUT2D eigenvalue weighted by Crippen LogP contribution is -2.51. The standard InChI is InChI=1S/C20H23BrN2O4S/c1-15-3-8-19(13-16(15)2)28(25,26)23-11-9-22(10-12-23)20(24)14-27-18-6-4-17(21)5-7-18/h3-8,13H,9-12,14H2,1-2H3. The fraction of sp³-hybridized carbons (Fsp3) is 0.350. The zero-order chi connectivity index (χ0) is 20.3. The number of piperazine rings is 1. The van der Waals surface area contributed by atoms with E-state index in [1.807, 2.05) is 32.0 Å². The minimum Gasteiger partial charge on any atom is -0.484 e. The maximum atomic E-state index is 12.9. The summed E-state index contributed by atoms with van der Waals surface area (Å²) in [7, 11) is -3.55. The molecule has 3 rings (SSSR count). The van der Waals surface area contributed by atoms with Crippen molar-refractivity contribution in [1.82, 2.24) is 9.21 Å². The molecule has 0 N–H and O–H groups in total. The summed E-state index contributed by atoms with van der Waals surface area (Å²) in [5, 5.41) is 0. The van der Waals surface area contributed by atoms with Crippen LogP contribution in [-0.2, 0) is 14.8 Å². The van der Waals surface area contributed by atoms with E-state index in [2.05, 4.69) is 15.9 Å². The van der Waals surface area contributed by atoms with E-state index in [1.165, 1.54) is 4.31 Å². The van der Waals surface area contributed by atoms with Crippen LogP contribution in [0.2, 0.25) is 0 Å². The summed E-state index contributed by atoms with van der Waals surface area (Å²) < 4.78 is 33.6. The highest BCUT2D eigenvalue weighted by Gasteiger charge is 2.30. The molecule has 8 heteroatoms. The third kappa shape index (κ3) is 4.74. The van der Waals surface area contributed by atoms with Crippen LogP contribution >= 0.6 is 15.9 Å². The van der Waals surface area contributed by atoms with Crippen molar-refractivity contribution >= 4 is 31.9 Å². The van der Waals surface area contributed by atoms with E-state index in [0.29, 0.717) is 23.7 Å². The van der Waals surface area contributed by atoms with Gasteiger partial charge in [0, 0.05) is 30.7 Å². The Balaban J connectivity index is 1.56. The zero-order valence-electron chi connectivity index (χ0n) is 15.9. The second kappa shape index (κ2) is 8.63. The lowest BCUT2D eigenvalue weighted by Gasteiger charge is -2.34. The molecule has 0 atom stereocenters. The summed E-state index contributed by atoms with van der Waals surface area (Å²) in [5.74, 6) is 0.471. The summed E-state index contributed by atoms with van der Waals surface area (Å²) in [4.78, 5) is 14.3. The molecule has 2 aromatic rings. The molecular formula is C20H23BrN2O4S. The molecule has 0 radical (unpaired) electrons. The predicted octanol–water partition coefficient (Wildman–Crippen LogP) is 2.98. The molecule has 1 aliphatic heterocycles. The molecule has 0 aliphatic carbocycles. The van der Waals surface area contributed by atoms with Crippen molar-refractivity contribution in [2.45, 2.75) is 18.7 Å². The van der Waals surface area contributed by atoms with Crippen LogP contribution in [-0.4, -0.2) is 56.3 Å². The number of sulfonamides is 1. The zero-order valence-corrected chi connectivity index (χ0v) is 18.3. The average molecular weight is 467 g/mol. The number of benzene rings is 2. The number of aryl methyl sites for hydroxylation is 2. The average Bonchev–Trinajstić information content (AvgIpc) is 2.69. The largest absolute Gasteiger partial charge is 0.484 e. The smallest absolute Gasteiger partial charge is 0.260 e. The Hall–Kier alpha value is -1.90. The number of halogens is 1. The van der Waals surface area contributed by atoms with Crippen LogP contribution < -0.4 is 4.74 Å². The molecule has 1 amide bonds. The van der Waals surface area contributed by atoms with Crippen molar-refractivity contribution in [3.05, 3.63) is 58.1 Å². The minimum absolute atomic E-state index is 0.0639. The van der Waals surface area contributed by atoms with E-state index in [4.69, 9.17) is 4.74 Å². The van der Waals surface area contributed by atoms with E-state index in [1.54, 1.807) is 29.2 Å². The van der Waals surface area contributed by atoms with Gasteiger partial charge in [0.15, 0.2) is 6.61 Å². The number of rotatable bonds is 5. The van der Waals surface area contributed by atoms with Crippen molar-refractivity contribution in [2.24, 2.45) is 0 Å². The van der Waals surface area contributed by atoms with Crippen LogP contribution in [0, 0.1) is 13.8 Å². The van der Waals surface area contributed by atoms with Crippen molar-refractivity contribution in [3.8, 4) is 5.75 Å². The fourth-order valence-electron chi connectivity index (χ4n) is 2.97. The SMILES string of the molecule is Cc1ccc(S(=O)(=O)N2CCN(C(=O)COc3ccc(Br)cc3)CC2)cc1C. The molecule has 6 nitrogen and oxygen atoms in total. The first kappa shape index (κ1) is 20.8. The van der Waals surface area contributed by atoms with Crippen LogP contribution in [0.5, 0.6) is 5.75 Å². The molecule has 150 valence electrons. The number of hydrogen-bond donors (Lipinski definition) is 0. The van der Waals surface area contributed by atoms with Crippen molar-refractivity contribution < 1.29 is 17.9 Å². The normalized spacial score (nSPS) is 15.5. The highest BCUT2D eigenvalue weighted by molar-refractivity contribution is 9.10. The van der Waals surface area contributed by atoms with Crippen molar-refractivity contribution in [2.75, 3.05) is 32.8 Å². The van der Waals surface area contributed by atoms with Gasteiger partial charge >= 0.3 is 0 Å². The van der Waals surface area contributed by atoms with Gasteiger partial charge in [-0.05, 0) is 61.4 Å². The molecule has 0 aromatic heterocycles. The molecule has 28 heavy (non-hydrogen) atoms. The summed E-state index contributed by atoms with van der Waals surface area (Å²) in [6.07, 6.45) is 0. The molecule has 1 saturated heterocycles. The van der Waals surface area contributed by atoms with Crippen LogP contribution in [0.25, 0.3) is 0 Å². The van der Waals surface area contributed by atoms with Crippen LogP contribution in [0.15, 0.2) is 51.8 Å². The van der Waals surface area contributed by atoms with Crippen LogP contribution in [0.1, 0.15) is 11.1 Å². The predicted molar refractivity (Wildman–Crippen MR) is 111 cm³/mol. The quantitative estimate of drug-likeness (QED) is 0.679. The number of carbonyl (C=O) groups is 1. The van der Waals surface area contributed by atoms with Crippen molar-refractivity contribution in [1.29, 1.82) is 0 Å². The molecule has 2 aromatic carbocycles. The molecule has 0 spiro atoms. The third-order valence-corrected chi connectivity index (χ3v) is 7.31. The van der Waals surface area contributed by atoms with E-state index in [0.717, 1.165) is 15.6 Å². The number of ether oxygens (including phenoxy) is 1. The second-order valence-electron chi connectivity index (χ2n) is 6.77. The highest BCUT2D eigenvalue weighted by atomic mass is 79.9. The second-order valence-corrected chi connectivity index (χ2v) is 9.63. The van der Waals surface area contributed by atoms with E-state index < -0.39 is 10.0 Å². The molecular weight excluding hydrogens is 444 g/mol. The van der Waals surface area contributed by atoms with Crippen LogP contribution in [0.3, 0.4) is 0 Å². The number of amides is 1. The van der Waals surface area contributed by atoms with Gasteiger partial charge in [0.25, 0.3) is 5.91 Å². The van der Waals surface area contributed by atoms with Gasteiger partial charge in [-0.3, -0.25) is 4.79 Å². The Labute approximate surface area is 174 Å². The van der Waals surface area contributed by atoms with Gasteiger partial charge in [-0.1, -0.05) is 22.0 Å². The van der Waals surface area contributed by atoms with Gasteiger partial charge < -0.3 is 9.64 Å². The lowest BCUT2D eigenvalue weighted by molar-refractivity contribution is -0.134. The first-order chi connectivity index (χ1) is 13.3. The number of carbonyl (C=O) groups excluding carboxylic acids is 1. The Morgan fingerprint density at radius 1 is 1.00 bits per heavy atom. The molecule has 1 aliphatic rings. The molecule has 1 heterocycles. The molecule has 0 saturated carbocycles. The maximum absolute atomic E-state index is 12.9. The fourth-order valence-corrected chi connectivity index (χ4v) is 4.74. The molecule has 0 unspecified atom stereocenters. The lowest BCUT2D eigenvalue weighted by atomic mass is 10.1. The third-order valence-electron chi connectivity index (χ3n) is 4.88. The van der Waals surface area contributed by atoms with Gasteiger partial charge in [-0.25, -0.2) is 8.42 Å². The van der Waals surface area contributed by atoms with Gasteiger partial charge in [0.2, 0.25) is 10.0 Å². The van der Waals surface area contributed by atoms with Gasteiger partial charge in [-0.2, -0.15) is 4.31 Å². The Morgan fingerprint density at radius 3 is 2.25 bits per heavy atom. The Bertz CT molecular complexity index is 953. The Morgan fingerprint density at radius 2 is 1.64 bits per heavy atom. The van der Waals surface area contributed by atoms with Gasteiger partial charge in [0.1, 0.15) is 5.75 Å². The first-order valence-corrected chi connectivity index (χ1v) is 11.2. The highest BCUT2D eigenvalue weighted by Crippen LogP contribution is 2.21. The molecule has 0 bridgehead atoms. The minimum atomic E-state index is -3.55. The summed E-state index contributed by atoms with van der Waals surface area (Å²) in [5.41, 5.74) is 2.00. The Kier molecular flexibility index (Phi) is 6.42. The molecule has 1 fully saturated rings. The van der Waals surface area contributed by atoms with E-state index in [9.17, 15) is 13.2 Å². The summed E-state index contributed by atoms with van der Waals surface area (Å²) in [6.45, 7) is 5.05. The van der Waals surface area contributed by atoms with E-state index >= 15 is 0 Å². The number of nitrogens with zero attached hydrogens (tertiary/aromatic N) is 2.